The van der Waals surface area contributed by atoms with Crippen LogP contribution in [-0.4, -0.2) is 44.8 Å². The van der Waals surface area contributed by atoms with Crippen molar-refractivity contribution in [3.05, 3.63) is 42.5 Å². The lowest BCUT2D eigenvalue weighted by molar-refractivity contribution is -0.897. The topological polar surface area (TPSA) is 90.3 Å². The van der Waals surface area contributed by atoms with Crippen molar-refractivity contribution in [2.45, 2.75) is 19.8 Å². The average Bonchev–Trinajstić information content (AvgIpc) is 3.24. The molecule has 3 N–H and O–H groups in total. The summed E-state index contributed by atoms with van der Waals surface area (Å²) in [6, 6.07) is 12.8. The lowest BCUT2D eigenvalue weighted by Gasteiger charge is -2.28. The first-order valence-corrected chi connectivity index (χ1v) is 10.7. The fraction of sp³-hybridized carbons (Fsp3) is 0.391. The van der Waals surface area contributed by atoms with Gasteiger partial charge in [-0.25, -0.2) is 0 Å². The highest BCUT2D eigenvalue weighted by Crippen LogP contribution is 2.34. The number of benzene rings is 2. The zero-order valence-corrected chi connectivity index (χ0v) is 17.6. The number of anilines is 2. The lowest BCUT2D eigenvalue weighted by atomic mass is 9.95. The van der Waals surface area contributed by atoms with Gasteiger partial charge in [0.05, 0.1) is 19.7 Å². The van der Waals surface area contributed by atoms with Crippen molar-refractivity contribution in [3.63, 3.8) is 0 Å². The SMILES string of the molecule is CCOc1ccc(NC(=O)C[NH+]2CCC(C(=O)Nc3ccc4c(c3)OCO4)CC2)cc1. The molecule has 2 aromatic carbocycles. The molecule has 0 bridgehead atoms. The maximum atomic E-state index is 12.6. The molecule has 2 aliphatic heterocycles. The summed E-state index contributed by atoms with van der Waals surface area (Å²) in [6.07, 6.45) is 1.50. The Morgan fingerprint density at radius 1 is 1.00 bits per heavy atom. The molecule has 164 valence electrons. The molecule has 31 heavy (non-hydrogen) atoms. The minimum atomic E-state index is -0.0525. The summed E-state index contributed by atoms with van der Waals surface area (Å²) in [5.41, 5.74) is 1.46. The summed E-state index contributed by atoms with van der Waals surface area (Å²) in [5.74, 6) is 2.06. The maximum Gasteiger partial charge on any atom is 0.279 e. The lowest BCUT2D eigenvalue weighted by Crippen LogP contribution is -3.14. The van der Waals surface area contributed by atoms with Crippen LogP contribution in [0.2, 0.25) is 0 Å². The fourth-order valence-corrected chi connectivity index (χ4v) is 3.92. The average molecular weight is 426 g/mol. The number of rotatable bonds is 7. The Morgan fingerprint density at radius 2 is 1.71 bits per heavy atom. The number of amides is 2. The molecule has 0 aliphatic carbocycles. The van der Waals surface area contributed by atoms with E-state index in [-0.39, 0.29) is 24.5 Å². The van der Waals surface area contributed by atoms with Crippen LogP contribution in [0.5, 0.6) is 17.2 Å². The third-order valence-electron chi connectivity index (χ3n) is 5.56. The molecule has 2 aliphatic rings. The molecule has 0 saturated carbocycles. The summed E-state index contributed by atoms with van der Waals surface area (Å²) in [5, 5.41) is 5.90. The van der Waals surface area contributed by atoms with Crippen LogP contribution >= 0.6 is 0 Å². The number of ether oxygens (including phenoxy) is 3. The van der Waals surface area contributed by atoms with Gasteiger partial charge in [0, 0.05) is 36.2 Å². The van der Waals surface area contributed by atoms with Crippen LogP contribution in [-0.2, 0) is 9.59 Å². The number of hydrogen-bond donors (Lipinski definition) is 3. The van der Waals surface area contributed by atoms with Gasteiger partial charge in [0.2, 0.25) is 12.7 Å². The standard InChI is InChI=1S/C23H27N3O5/c1-2-29-19-6-3-17(4-7-19)24-22(27)14-26-11-9-16(10-12-26)23(28)25-18-5-8-20-21(13-18)31-15-30-20/h3-8,13,16H,2,9-12,14-15H2,1H3,(H,24,27)(H,25,28)/p+1. The second kappa shape index (κ2) is 9.70. The van der Waals surface area contributed by atoms with E-state index >= 15 is 0 Å². The predicted octanol–water partition coefficient (Wildman–Crippen LogP) is 1.69. The minimum Gasteiger partial charge on any atom is -0.494 e. The highest BCUT2D eigenvalue weighted by molar-refractivity contribution is 5.93. The zero-order chi connectivity index (χ0) is 21.6. The molecule has 1 saturated heterocycles. The molecular weight excluding hydrogens is 398 g/mol. The summed E-state index contributed by atoms with van der Waals surface area (Å²) in [7, 11) is 0. The van der Waals surface area contributed by atoms with Gasteiger partial charge in [0.1, 0.15) is 5.75 Å². The maximum absolute atomic E-state index is 12.6. The molecule has 8 heteroatoms. The van der Waals surface area contributed by atoms with Gasteiger partial charge in [-0.15, -0.1) is 0 Å². The highest BCUT2D eigenvalue weighted by Gasteiger charge is 2.29. The third kappa shape index (κ3) is 5.46. The van der Waals surface area contributed by atoms with E-state index in [1.165, 1.54) is 4.90 Å². The highest BCUT2D eigenvalue weighted by atomic mass is 16.7. The normalized spacial score (nSPS) is 19.5. The van der Waals surface area contributed by atoms with E-state index in [0.717, 1.165) is 37.4 Å². The zero-order valence-electron chi connectivity index (χ0n) is 17.6. The number of carbonyl (C=O) groups excluding carboxylic acids is 2. The van der Waals surface area contributed by atoms with Crippen LogP contribution < -0.4 is 29.7 Å². The molecule has 4 rings (SSSR count). The van der Waals surface area contributed by atoms with Crippen molar-refractivity contribution in [2.24, 2.45) is 5.92 Å². The smallest absolute Gasteiger partial charge is 0.279 e. The van der Waals surface area contributed by atoms with Crippen molar-refractivity contribution in [3.8, 4) is 17.2 Å². The van der Waals surface area contributed by atoms with Gasteiger partial charge in [-0.2, -0.15) is 0 Å². The quantitative estimate of drug-likeness (QED) is 0.627. The van der Waals surface area contributed by atoms with E-state index in [1.807, 2.05) is 37.3 Å². The first kappa shape index (κ1) is 21.0. The first-order chi connectivity index (χ1) is 15.1. The molecule has 0 spiro atoms. The van der Waals surface area contributed by atoms with Gasteiger partial charge in [-0.3, -0.25) is 9.59 Å². The van der Waals surface area contributed by atoms with Gasteiger partial charge < -0.3 is 29.7 Å². The predicted molar refractivity (Wildman–Crippen MR) is 116 cm³/mol. The van der Waals surface area contributed by atoms with Crippen molar-refractivity contribution in [1.29, 1.82) is 0 Å². The number of likely N-dealkylation sites (tertiary alicyclic amines) is 1. The van der Waals surface area contributed by atoms with Gasteiger partial charge in [0.15, 0.2) is 18.0 Å². The van der Waals surface area contributed by atoms with E-state index < -0.39 is 0 Å². The number of fused-ring (bicyclic) bond motifs is 1. The van der Waals surface area contributed by atoms with E-state index in [2.05, 4.69) is 10.6 Å². The van der Waals surface area contributed by atoms with E-state index in [4.69, 9.17) is 14.2 Å². The second-order valence-corrected chi connectivity index (χ2v) is 7.76. The van der Waals surface area contributed by atoms with Crippen LogP contribution in [0.1, 0.15) is 19.8 Å². The molecule has 0 radical (unpaired) electrons. The van der Waals surface area contributed by atoms with Gasteiger partial charge in [-0.05, 0) is 43.3 Å². The van der Waals surface area contributed by atoms with E-state index in [0.29, 0.717) is 30.3 Å². The molecule has 1 fully saturated rings. The minimum absolute atomic E-state index is 0.0109. The number of nitrogens with one attached hydrogen (secondary N) is 3. The molecule has 8 nitrogen and oxygen atoms in total. The summed E-state index contributed by atoms with van der Waals surface area (Å²) >= 11 is 0. The first-order valence-electron chi connectivity index (χ1n) is 10.7. The Morgan fingerprint density at radius 3 is 2.45 bits per heavy atom. The molecule has 2 heterocycles. The van der Waals surface area contributed by atoms with Crippen molar-refractivity contribution >= 4 is 23.2 Å². The van der Waals surface area contributed by atoms with Gasteiger partial charge in [-0.1, -0.05) is 0 Å². The van der Waals surface area contributed by atoms with E-state index in [1.54, 1.807) is 12.1 Å². The molecule has 0 atom stereocenters. The van der Waals surface area contributed by atoms with Crippen LogP contribution in [0.4, 0.5) is 11.4 Å². The van der Waals surface area contributed by atoms with Gasteiger partial charge >= 0.3 is 0 Å². The van der Waals surface area contributed by atoms with Crippen LogP contribution in [0, 0.1) is 5.92 Å². The Hall–Kier alpha value is -3.26. The fourth-order valence-electron chi connectivity index (χ4n) is 3.92. The van der Waals surface area contributed by atoms with Gasteiger partial charge in [0.25, 0.3) is 5.91 Å². The number of hydrogen-bond acceptors (Lipinski definition) is 5. The monoisotopic (exact) mass is 426 g/mol. The molecule has 2 amide bonds. The van der Waals surface area contributed by atoms with Crippen LogP contribution in [0.3, 0.4) is 0 Å². The Kier molecular flexibility index (Phi) is 6.57. The molecular formula is C23H28N3O5+. The van der Waals surface area contributed by atoms with Crippen LogP contribution in [0.25, 0.3) is 0 Å². The number of quaternary nitrogens is 1. The second-order valence-electron chi connectivity index (χ2n) is 7.76. The van der Waals surface area contributed by atoms with Crippen molar-refractivity contribution < 1.29 is 28.7 Å². The Labute approximate surface area is 181 Å². The number of carbonyl (C=O) groups is 2. The Bertz CT molecular complexity index is 923. The largest absolute Gasteiger partial charge is 0.494 e. The Balaban J connectivity index is 1.21. The third-order valence-corrected chi connectivity index (χ3v) is 5.56. The summed E-state index contributed by atoms with van der Waals surface area (Å²) < 4.78 is 16.1. The summed E-state index contributed by atoms with van der Waals surface area (Å²) in [6.45, 7) is 4.72. The molecule has 0 unspecified atom stereocenters. The van der Waals surface area contributed by atoms with Crippen LogP contribution in [0.15, 0.2) is 42.5 Å². The van der Waals surface area contributed by atoms with Crippen molar-refractivity contribution in [2.75, 3.05) is 43.7 Å². The number of piperidine rings is 1. The van der Waals surface area contributed by atoms with Crippen molar-refractivity contribution in [1.82, 2.24) is 0 Å². The van der Waals surface area contributed by atoms with E-state index in [9.17, 15) is 9.59 Å². The molecule has 2 aromatic rings. The molecule has 0 aromatic heterocycles. The summed E-state index contributed by atoms with van der Waals surface area (Å²) in [4.78, 5) is 26.2.